The fraction of sp³-hybridized carbons (Fsp3) is 0.0417. The fourth-order valence-electron chi connectivity index (χ4n) is 3.08. The minimum Gasteiger partial charge on any atom is -0.303 e. The van der Waals surface area contributed by atoms with Crippen LogP contribution in [0.1, 0.15) is 26.3 Å². The highest BCUT2D eigenvalue weighted by molar-refractivity contribution is 7.16. The van der Waals surface area contributed by atoms with Gasteiger partial charge in [-0.3, -0.25) is 9.59 Å². The van der Waals surface area contributed by atoms with Crippen LogP contribution >= 0.6 is 22.9 Å². The summed E-state index contributed by atoms with van der Waals surface area (Å²) in [7, 11) is 0. The molecule has 0 spiro atoms. The third kappa shape index (κ3) is 3.84. The van der Waals surface area contributed by atoms with Crippen LogP contribution < -0.4 is 4.80 Å². The number of hydrogen-bond acceptors (Lipinski definition) is 3. The van der Waals surface area contributed by atoms with Crippen molar-refractivity contribution in [3.05, 3.63) is 99.3 Å². The van der Waals surface area contributed by atoms with Gasteiger partial charge in [-0.25, -0.2) is 0 Å². The maximum atomic E-state index is 12.7. The van der Waals surface area contributed by atoms with Crippen molar-refractivity contribution < 1.29 is 9.59 Å². The molecule has 1 amide bonds. The molecule has 0 fully saturated rings. The zero-order chi connectivity index (χ0) is 21.1. The molecule has 0 saturated heterocycles. The normalized spacial score (nSPS) is 11.4. The van der Waals surface area contributed by atoms with E-state index in [1.807, 2.05) is 30.3 Å². The van der Waals surface area contributed by atoms with E-state index in [0.717, 1.165) is 10.2 Å². The highest BCUT2D eigenvalue weighted by Gasteiger charge is 2.13. The van der Waals surface area contributed by atoms with Crippen LogP contribution in [0.25, 0.3) is 10.2 Å². The Balaban J connectivity index is 1.68. The van der Waals surface area contributed by atoms with Gasteiger partial charge in [-0.15, -0.1) is 6.42 Å². The molecule has 0 N–H and O–H groups in total. The van der Waals surface area contributed by atoms with Crippen molar-refractivity contribution in [2.24, 2.45) is 4.99 Å². The molecule has 0 aliphatic heterocycles. The van der Waals surface area contributed by atoms with Crippen LogP contribution in [0.2, 0.25) is 5.02 Å². The van der Waals surface area contributed by atoms with E-state index in [1.165, 1.54) is 11.3 Å². The number of amides is 1. The van der Waals surface area contributed by atoms with Crippen LogP contribution in [0, 0.1) is 12.3 Å². The molecule has 0 atom stereocenters. The van der Waals surface area contributed by atoms with Gasteiger partial charge >= 0.3 is 0 Å². The number of thiazole rings is 1. The van der Waals surface area contributed by atoms with E-state index in [1.54, 1.807) is 47.0 Å². The topological polar surface area (TPSA) is 51.4 Å². The van der Waals surface area contributed by atoms with E-state index in [2.05, 4.69) is 10.9 Å². The van der Waals surface area contributed by atoms with Crippen molar-refractivity contribution in [3.63, 3.8) is 0 Å². The van der Waals surface area contributed by atoms with E-state index in [4.69, 9.17) is 18.0 Å². The van der Waals surface area contributed by atoms with Gasteiger partial charge < -0.3 is 4.57 Å². The van der Waals surface area contributed by atoms with Crippen molar-refractivity contribution in [2.45, 2.75) is 6.54 Å². The Bertz CT molecular complexity index is 1360. The third-order valence-corrected chi connectivity index (χ3v) is 5.88. The number of ketones is 1. The van der Waals surface area contributed by atoms with Gasteiger partial charge in [0, 0.05) is 16.7 Å². The van der Waals surface area contributed by atoms with Crippen LogP contribution in [-0.4, -0.2) is 16.3 Å². The first-order chi connectivity index (χ1) is 14.6. The van der Waals surface area contributed by atoms with Crippen LogP contribution in [0.5, 0.6) is 0 Å². The summed E-state index contributed by atoms with van der Waals surface area (Å²) in [5.41, 5.74) is 2.25. The Labute approximate surface area is 182 Å². The lowest BCUT2D eigenvalue weighted by Crippen LogP contribution is -2.16. The van der Waals surface area contributed by atoms with Crippen molar-refractivity contribution in [1.82, 2.24) is 4.57 Å². The van der Waals surface area contributed by atoms with Gasteiger partial charge in [0.1, 0.15) is 0 Å². The zero-order valence-corrected chi connectivity index (χ0v) is 17.3. The number of para-hydroxylation sites is 1. The molecule has 4 aromatic rings. The Morgan fingerprint density at radius 2 is 1.60 bits per heavy atom. The second-order valence-corrected chi connectivity index (χ2v) is 7.87. The molecule has 30 heavy (non-hydrogen) atoms. The molecule has 0 radical (unpaired) electrons. The van der Waals surface area contributed by atoms with Crippen molar-refractivity contribution >= 4 is 44.8 Å². The van der Waals surface area contributed by atoms with Crippen LogP contribution in [0.3, 0.4) is 0 Å². The Hall–Kier alpha value is -3.46. The second kappa shape index (κ2) is 8.50. The van der Waals surface area contributed by atoms with E-state index in [0.29, 0.717) is 26.5 Å². The molecule has 0 saturated carbocycles. The SMILES string of the molecule is C#CCn1c(=NC(=O)c2ccc(C(=O)c3ccccc3)cc2)sc2cccc(Cl)c21. The van der Waals surface area contributed by atoms with Gasteiger partial charge in [0.15, 0.2) is 10.6 Å². The van der Waals surface area contributed by atoms with Gasteiger partial charge in [-0.2, -0.15) is 4.99 Å². The van der Waals surface area contributed by atoms with Crippen LogP contribution in [0.15, 0.2) is 77.8 Å². The van der Waals surface area contributed by atoms with Crippen LogP contribution in [0.4, 0.5) is 0 Å². The second-order valence-electron chi connectivity index (χ2n) is 6.45. The van der Waals surface area contributed by atoms with Gasteiger partial charge in [-0.1, -0.05) is 77.4 Å². The predicted molar refractivity (Wildman–Crippen MR) is 120 cm³/mol. The van der Waals surface area contributed by atoms with Crippen molar-refractivity contribution in [3.8, 4) is 12.3 Å². The first-order valence-corrected chi connectivity index (χ1v) is 10.3. The minimum atomic E-state index is -0.415. The summed E-state index contributed by atoms with van der Waals surface area (Å²) in [6.45, 7) is 0.250. The van der Waals surface area contributed by atoms with Gasteiger partial charge in [0.25, 0.3) is 5.91 Å². The maximum Gasteiger partial charge on any atom is 0.279 e. The Morgan fingerprint density at radius 3 is 2.30 bits per heavy atom. The summed E-state index contributed by atoms with van der Waals surface area (Å²) in [5.74, 6) is 2.07. The number of carbonyl (C=O) groups is 2. The summed E-state index contributed by atoms with van der Waals surface area (Å²) < 4.78 is 2.65. The van der Waals surface area contributed by atoms with Gasteiger partial charge in [0.2, 0.25) is 0 Å². The molecule has 1 heterocycles. The van der Waals surface area contributed by atoms with Crippen molar-refractivity contribution in [2.75, 3.05) is 0 Å². The van der Waals surface area contributed by atoms with Crippen LogP contribution in [-0.2, 0) is 6.54 Å². The van der Waals surface area contributed by atoms with E-state index < -0.39 is 5.91 Å². The molecule has 0 aliphatic rings. The molecule has 3 aromatic carbocycles. The molecule has 1 aromatic heterocycles. The molecular weight excluding hydrogens is 416 g/mol. The third-order valence-electron chi connectivity index (χ3n) is 4.53. The number of terminal acetylenes is 1. The largest absolute Gasteiger partial charge is 0.303 e. The zero-order valence-electron chi connectivity index (χ0n) is 15.7. The predicted octanol–water partition coefficient (Wildman–Crippen LogP) is 4.96. The van der Waals surface area contributed by atoms with E-state index in [-0.39, 0.29) is 12.3 Å². The van der Waals surface area contributed by atoms with Gasteiger partial charge in [-0.05, 0) is 24.3 Å². The Kier molecular flexibility index (Phi) is 5.62. The number of benzene rings is 3. The monoisotopic (exact) mass is 430 g/mol. The molecule has 0 unspecified atom stereocenters. The summed E-state index contributed by atoms with van der Waals surface area (Å²) in [6.07, 6.45) is 5.50. The lowest BCUT2D eigenvalue weighted by Gasteiger charge is -2.03. The molecule has 6 heteroatoms. The van der Waals surface area contributed by atoms with E-state index in [9.17, 15) is 9.59 Å². The van der Waals surface area contributed by atoms with E-state index >= 15 is 0 Å². The fourth-order valence-corrected chi connectivity index (χ4v) is 4.47. The molecular formula is C24H15ClN2O2S. The number of carbonyl (C=O) groups excluding carboxylic acids is 2. The molecule has 146 valence electrons. The average molecular weight is 431 g/mol. The average Bonchev–Trinajstić information content (AvgIpc) is 3.12. The number of halogens is 1. The summed E-state index contributed by atoms with van der Waals surface area (Å²) in [4.78, 5) is 30.0. The summed E-state index contributed by atoms with van der Waals surface area (Å²) in [6, 6.07) is 21.0. The minimum absolute atomic E-state index is 0.0995. The number of nitrogens with zero attached hydrogens (tertiary/aromatic N) is 2. The molecule has 0 bridgehead atoms. The Morgan fingerprint density at radius 1 is 0.933 bits per heavy atom. The maximum absolute atomic E-state index is 12.7. The summed E-state index contributed by atoms with van der Waals surface area (Å²) >= 11 is 7.67. The molecule has 0 aliphatic carbocycles. The number of aromatic nitrogens is 1. The lowest BCUT2D eigenvalue weighted by atomic mass is 10.0. The highest BCUT2D eigenvalue weighted by Crippen LogP contribution is 2.25. The van der Waals surface area contributed by atoms with Gasteiger partial charge in [0.05, 0.1) is 21.8 Å². The quantitative estimate of drug-likeness (QED) is 0.339. The van der Waals surface area contributed by atoms with Crippen molar-refractivity contribution in [1.29, 1.82) is 0 Å². The number of fused-ring (bicyclic) bond motifs is 1. The smallest absolute Gasteiger partial charge is 0.279 e. The highest BCUT2D eigenvalue weighted by atomic mass is 35.5. The standard InChI is InChI=1S/C24H15ClN2O2S/c1-2-15-27-21-19(25)9-6-10-20(21)30-24(27)26-23(29)18-13-11-17(12-14-18)22(28)16-7-4-3-5-8-16/h1,3-14H,15H2. The first-order valence-electron chi connectivity index (χ1n) is 9.08. The lowest BCUT2D eigenvalue weighted by molar-refractivity contribution is 0.0994. The number of rotatable bonds is 4. The molecule has 4 nitrogen and oxygen atoms in total. The number of hydrogen-bond donors (Lipinski definition) is 0. The first kappa shape index (κ1) is 19.8. The summed E-state index contributed by atoms with van der Waals surface area (Å²) in [5, 5.41) is 0.552. The molecule has 4 rings (SSSR count).